The molecule has 0 bridgehead atoms. The van der Waals surface area contributed by atoms with Gasteiger partial charge in [0, 0.05) is 24.8 Å². The number of aliphatic hydroxyl groups excluding tert-OH is 2. The second-order valence-corrected chi connectivity index (χ2v) is 10.3. The van der Waals surface area contributed by atoms with Crippen LogP contribution in [0.15, 0.2) is 48.5 Å². The van der Waals surface area contributed by atoms with Crippen molar-refractivity contribution in [3.8, 4) is 5.69 Å². The molecule has 3 N–H and O–H groups in total. The zero-order chi connectivity index (χ0) is 30.5. The van der Waals surface area contributed by atoms with Crippen LogP contribution in [0, 0.1) is 5.82 Å². The first-order valence-corrected chi connectivity index (χ1v) is 13.0. The summed E-state index contributed by atoms with van der Waals surface area (Å²) in [4.78, 5) is 25.7. The van der Waals surface area contributed by atoms with Gasteiger partial charge < -0.3 is 21.6 Å². The number of aromatic nitrogens is 2. The molecular formula is C29H34F4N3NaO5. The standard InChI is InChI=1S/C29H33F4N3O5.Na.H/c1-17(2)26-24(12-11-22(37)14-23(38)15-25(39)40)36(21-9-7-20(30)8-10-21)34-27(26)28(41)35(3)16-18-5-4-6-19(13-18)29(31,32)33;;/h4-10,13,17,22-23,37-38H,11-12,14-16H2,1-3H3,(H,39,40);;/q;+1;-1/t22-,23-;;/m1../s1. The van der Waals surface area contributed by atoms with E-state index in [2.05, 4.69) is 5.10 Å². The predicted octanol–water partition coefficient (Wildman–Crippen LogP) is 2.06. The number of halogens is 4. The van der Waals surface area contributed by atoms with Crippen molar-refractivity contribution >= 4 is 11.9 Å². The summed E-state index contributed by atoms with van der Waals surface area (Å²) >= 11 is 0. The number of carbonyl (C=O) groups excluding carboxylic acids is 1. The minimum Gasteiger partial charge on any atom is -1.00 e. The molecule has 1 aromatic heterocycles. The summed E-state index contributed by atoms with van der Waals surface area (Å²) in [5.74, 6) is -2.45. The molecule has 0 aliphatic carbocycles. The van der Waals surface area contributed by atoms with E-state index in [9.17, 15) is 37.4 Å². The van der Waals surface area contributed by atoms with Crippen LogP contribution in [0.5, 0.6) is 0 Å². The first kappa shape index (κ1) is 35.4. The third kappa shape index (κ3) is 9.37. The first-order valence-electron chi connectivity index (χ1n) is 13.0. The monoisotopic (exact) mass is 603 g/mol. The topological polar surface area (TPSA) is 116 Å². The van der Waals surface area contributed by atoms with E-state index in [4.69, 9.17) is 5.11 Å². The fourth-order valence-electron chi connectivity index (χ4n) is 4.66. The molecule has 13 heteroatoms. The summed E-state index contributed by atoms with van der Waals surface area (Å²) in [7, 11) is 1.46. The van der Waals surface area contributed by atoms with Gasteiger partial charge in [0.1, 0.15) is 5.82 Å². The van der Waals surface area contributed by atoms with E-state index < -0.39 is 48.1 Å². The Balaban J connectivity index is 0.00000462. The van der Waals surface area contributed by atoms with Crippen LogP contribution in [0.25, 0.3) is 5.69 Å². The zero-order valence-electron chi connectivity index (χ0n) is 24.9. The van der Waals surface area contributed by atoms with Crippen LogP contribution in [-0.2, 0) is 23.9 Å². The maximum absolute atomic E-state index is 13.7. The average molecular weight is 604 g/mol. The van der Waals surface area contributed by atoms with Gasteiger partial charge in [-0.15, -0.1) is 0 Å². The van der Waals surface area contributed by atoms with Gasteiger partial charge in [0.25, 0.3) is 5.91 Å². The third-order valence-corrected chi connectivity index (χ3v) is 6.56. The molecule has 0 aliphatic heterocycles. The number of carbonyl (C=O) groups is 2. The fourth-order valence-corrected chi connectivity index (χ4v) is 4.66. The Hall–Kier alpha value is -2.77. The van der Waals surface area contributed by atoms with Crippen molar-refractivity contribution in [2.75, 3.05) is 7.05 Å². The van der Waals surface area contributed by atoms with E-state index in [1.54, 1.807) is 0 Å². The number of aliphatic carboxylic acids is 1. The number of alkyl halides is 3. The molecule has 2 atom stereocenters. The number of carboxylic acid groups (broad SMARTS) is 1. The van der Waals surface area contributed by atoms with Crippen LogP contribution in [-0.4, -0.2) is 61.1 Å². The van der Waals surface area contributed by atoms with E-state index in [1.165, 1.54) is 53.0 Å². The fraction of sp³-hybridized carbons (Fsp3) is 0.414. The molecule has 3 aromatic rings. The second kappa shape index (κ2) is 15.1. The molecule has 2 aromatic carbocycles. The van der Waals surface area contributed by atoms with Gasteiger partial charge in [0.05, 0.1) is 29.9 Å². The van der Waals surface area contributed by atoms with E-state index in [-0.39, 0.29) is 74.0 Å². The quantitative estimate of drug-likeness (QED) is 0.216. The minimum absolute atomic E-state index is 0. The van der Waals surface area contributed by atoms with E-state index >= 15 is 0 Å². The van der Waals surface area contributed by atoms with Crippen LogP contribution < -0.4 is 29.6 Å². The maximum atomic E-state index is 13.7. The summed E-state index contributed by atoms with van der Waals surface area (Å²) in [6.07, 6.45) is -7.21. The van der Waals surface area contributed by atoms with Crippen molar-refractivity contribution in [1.29, 1.82) is 0 Å². The molecule has 0 saturated carbocycles. The predicted molar refractivity (Wildman–Crippen MR) is 143 cm³/mol. The molecule has 0 saturated heterocycles. The Morgan fingerprint density at radius 2 is 1.71 bits per heavy atom. The van der Waals surface area contributed by atoms with Gasteiger partial charge in [-0.2, -0.15) is 18.3 Å². The SMILES string of the molecule is CC(C)c1c(C(=O)N(C)Cc2cccc(C(F)(F)F)c2)nn(-c2ccc(F)cc2)c1CC[C@@H](O)C[C@@H](O)CC(=O)O.[H-].[Na+]. The number of benzene rings is 2. The molecular weight excluding hydrogens is 569 g/mol. The number of amides is 1. The van der Waals surface area contributed by atoms with Crippen molar-refractivity contribution in [2.45, 2.75) is 70.4 Å². The normalized spacial score (nSPS) is 13.0. The number of nitrogens with zero attached hydrogens (tertiary/aromatic N) is 3. The van der Waals surface area contributed by atoms with Crippen LogP contribution in [0.3, 0.4) is 0 Å². The molecule has 0 radical (unpaired) electrons. The van der Waals surface area contributed by atoms with Crippen molar-refractivity contribution in [2.24, 2.45) is 0 Å². The van der Waals surface area contributed by atoms with Gasteiger partial charge in [-0.3, -0.25) is 9.59 Å². The third-order valence-electron chi connectivity index (χ3n) is 6.56. The smallest absolute Gasteiger partial charge is 1.00 e. The van der Waals surface area contributed by atoms with Gasteiger partial charge in [-0.1, -0.05) is 26.0 Å². The van der Waals surface area contributed by atoms with Crippen LogP contribution >= 0.6 is 0 Å². The Kier molecular flexibility index (Phi) is 12.7. The van der Waals surface area contributed by atoms with E-state index in [1.807, 2.05) is 13.8 Å². The summed E-state index contributed by atoms with van der Waals surface area (Å²) in [5, 5.41) is 33.8. The van der Waals surface area contributed by atoms with Crippen molar-refractivity contribution < 1.29 is 73.5 Å². The van der Waals surface area contributed by atoms with Crippen molar-refractivity contribution in [3.63, 3.8) is 0 Å². The number of hydrogen-bond acceptors (Lipinski definition) is 5. The zero-order valence-corrected chi connectivity index (χ0v) is 25.9. The Morgan fingerprint density at radius 1 is 1.07 bits per heavy atom. The van der Waals surface area contributed by atoms with E-state index in [0.717, 1.165) is 12.1 Å². The van der Waals surface area contributed by atoms with Gasteiger partial charge in [0.15, 0.2) is 5.69 Å². The Morgan fingerprint density at radius 3 is 2.29 bits per heavy atom. The number of hydrogen-bond donors (Lipinski definition) is 3. The van der Waals surface area contributed by atoms with Gasteiger partial charge in [0.2, 0.25) is 0 Å². The molecule has 0 unspecified atom stereocenters. The Bertz CT molecular complexity index is 1370. The first-order chi connectivity index (χ1) is 19.2. The molecule has 0 spiro atoms. The second-order valence-electron chi connectivity index (χ2n) is 10.3. The summed E-state index contributed by atoms with van der Waals surface area (Å²) in [6, 6.07) is 10.1. The molecule has 0 aliphatic rings. The number of aliphatic hydroxyl groups is 2. The largest absolute Gasteiger partial charge is 1.00 e. The minimum atomic E-state index is -4.53. The van der Waals surface area contributed by atoms with E-state index in [0.29, 0.717) is 16.9 Å². The molecule has 1 amide bonds. The van der Waals surface area contributed by atoms with Gasteiger partial charge in [-0.05, 0) is 67.1 Å². The van der Waals surface area contributed by atoms with Crippen LogP contribution in [0.1, 0.15) is 73.3 Å². The van der Waals surface area contributed by atoms with Crippen LogP contribution in [0.4, 0.5) is 17.6 Å². The molecule has 0 fully saturated rings. The Labute approximate surface area is 264 Å². The summed E-state index contributed by atoms with van der Waals surface area (Å²) in [5.41, 5.74) is 1.07. The van der Waals surface area contributed by atoms with Crippen molar-refractivity contribution in [1.82, 2.24) is 14.7 Å². The number of carboxylic acids is 1. The maximum Gasteiger partial charge on any atom is 1.00 e. The van der Waals surface area contributed by atoms with Crippen molar-refractivity contribution in [3.05, 3.63) is 82.4 Å². The number of rotatable bonds is 12. The molecule has 42 heavy (non-hydrogen) atoms. The molecule has 224 valence electrons. The molecule has 8 nitrogen and oxygen atoms in total. The molecule has 3 rings (SSSR count). The van der Waals surface area contributed by atoms with Gasteiger partial charge in [-0.25, -0.2) is 9.07 Å². The summed E-state index contributed by atoms with van der Waals surface area (Å²) < 4.78 is 54.7. The van der Waals surface area contributed by atoms with Gasteiger partial charge >= 0.3 is 41.7 Å². The molecule has 1 heterocycles. The summed E-state index contributed by atoms with van der Waals surface area (Å²) in [6.45, 7) is 3.57. The average Bonchev–Trinajstić information content (AvgIpc) is 3.26. The van der Waals surface area contributed by atoms with Crippen LogP contribution in [0.2, 0.25) is 0 Å².